The van der Waals surface area contributed by atoms with Crippen molar-refractivity contribution in [2.45, 2.75) is 71.8 Å². The van der Waals surface area contributed by atoms with Gasteiger partial charge in [0.05, 0.1) is 5.41 Å². The predicted octanol–water partition coefficient (Wildman–Crippen LogP) is 4.43. The predicted molar refractivity (Wildman–Crippen MR) is 85.0 cm³/mol. The Labute approximate surface area is 134 Å². The van der Waals surface area contributed by atoms with Gasteiger partial charge >= 0.3 is 5.97 Å². The van der Waals surface area contributed by atoms with Gasteiger partial charge in [0.1, 0.15) is 5.60 Å². The Morgan fingerprint density at radius 2 is 1.18 bits per heavy atom. The number of rotatable bonds is 1. The van der Waals surface area contributed by atoms with Crippen LogP contribution in [-0.2, 0) is 9.53 Å². The molecule has 0 saturated heterocycles. The van der Waals surface area contributed by atoms with Crippen LogP contribution in [-0.4, -0.2) is 11.6 Å². The fraction of sp³-hybridized carbons (Fsp3) is 0.950. The average Bonchev–Trinajstić information content (AvgIpc) is 2.41. The first-order valence-electron chi connectivity index (χ1n) is 9.43. The van der Waals surface area contributed by atoms with Crippen LogP contribution >= 0.6 is 0 Å². The van der Waals surface area contributed by atoms with Crippen molar-refractivity contribution in [1.82, 2.24) is 0 Å². The van der Waals surface area contributed by atoms with Gasteiger partial charge in [0.2, 0.25) is 0 Å². The summed E-state index contributed by atoms with van der Waals surface area (Å²) in [5.74, 6) is 5.51. The summed E-state index contributed by atoms with van der Waals surface area (Å²) >= 11 is 0. The quantitative estimate of drug-likeness (QED) is 0.670. The average molecular weight is 302 g/mol. The third kappa shape index (κ3) is 1.60. The third-order valence-corrected chi connectivity index (χ3v) is 8.23. The molecule has 22 heavy (non-hydrogen) atoms. The van der Waals surface area contributed by atoms with E-state index in [0.29, 0.717) is 5.41 Å². The fourth-order valence-electron chi connectivity index (χ4n) is 7.69. The molecule has 7 aliphatic rings. The van der Waals surface area contributed by atoms with Gasteiger partial charge in [-0.25, -0.2) is 0 Å². The zero-order chi connectivity index (χ0) is 15.5. The molecule has 0 amide bonds. The Balaban J connectivity index is 1.47. The van der Waals surface area contributed by atoms with Crippen LogP contribution in [0, 0.1) is 46.3 Å². The molecule has 0 aromatic heterocycles. The van der Waals surface area contributed by atoms with Crippen LogP contribution in [0.5, 0.6) is 0 Å². The molecule has 122 valence electrons. The summed E-state index contributed by atoms with van der Waals surface area (Å²) in [4.78, 5) is 12.5. The second-order valence-electron chi connectivity index (χ2n) is 10.8. The van der Waals surface area contributed by atoms with Gasteiger partial charge in [-0.1, -0.05) is 6.92 Å². The number of carbonyl (C=O) groups excluding carboxylic acids is 1. The second-order valence-corrected chi connectivity index (χ2v) is 10.8. The molecule has 7 rings (SSSR count). The third-order valence-electron chi connectivity index (χ3n) is 8.23. The summed E-state index contributed by atoms with van der Waals surface area (Å²) in [5.41, 5.74) is 0.204. The highest BCUT2D eigenvalue weighted by Crippen LogP contribution is 2.75. The lowest BCUT2D eigenvalue weighted by Crippen LogP contribution is -2.69. The van der Waals surface area contributed by atoms with Gasteiger partial charge in [-0.05, 0) is 100 Å². The van der Waals surface area contributed by atoms with Crippen LogP contribution in [0.4, 0.5) is 0 Å². The summed E-state index contributed by atoms with van der Waals surface area (Å²) in [6, 6.07) is 0. The number of hydrogen-bond donors (Lipinski definition) is 0. The number of hydrogen-bond acceptors (Lipinski definition) is 2. The standard InChI is InChI=1S/C20H30O2/c1-18(2,3)17(21)22-20-8-14-11-5-19(4)6-12(14)16(10-20)13(7-19)15(11)9-20/h11-16H,5-10H2,1-4H3. The Kier molecular flexibility index (Phi) is 2.37. The highest BCUT2D eigenvalue weighted by atomic mass is 16.6. The molecule has 7 aliphatic carbocycles. The molecule has 0 radical (unpaired) electrons. The Bertz CT molecular complexity index is 477. The van der Waals surface area contributed by atoms with E-state index in [9.17, 15) is 4.79 Å². The van der Waals surface area contributed by atoms with Crippen LogP contribution in [0.1, 0.15) is 66.2 Å². The largest absolute Gasteiger partial charge is 0.459 e. The zero-order valence-corrected chi connectivity index (χ0v) is 14.5. The highest BCUT2D eigenvalue weighted by molar-refractivity contribution is 5.76. The van der Waals surface area contributed by atoms with Crippen molar-refractivity contribution >= 4 is 5.97 Å². The first-order valence-corrected chi connectivity index (χ1v) is 9.43. The van der Waals surface area contributed by atoms with Crippen molar-refractivity contribution in [2.75, 3.05) is 0 Å². The molecule has 2 heteroatoms. The number of carbonyl (C=O) groups is 1. The van der Waals surface area contributed by atoms with E-state index in [1.165, 1.54) is 38.5 Å². The molecule has 8 bridgehead atoms. The van der Waals surface area contributed by atoms with Gasteiger partial charge in [0.15, 0.2) is 0 Å². The van der Waals surface area contributed by atoms with Crippen molar-refractivity contribution < 1.29 is 9.53 Å². The maximum Gasteiger partial charge on any atom is 0.311 e. The van der Waals surface area contributed by atoms with Gasteiger partial charge in [0, 0.05) is 0 Å². The minimum absolute atomic E-state index is 0.0260. The van der Waals surface area contributed by atoms with E-state index in [0.717, 1.165) is 35.5 Å². The maximum atomic E-state index is 12.5. The zero-order valence-electron chi connectivity index (χ0n) is 14.5. The van der Waals surface area contributed by atoms with E-state index < -0.39 is 0 Å². The Morgan fingerprint density at radius 1 is 0.818 bits per heavy atom. The van der Waals surface area contributed by atoms with Crippen molar-refractivity contribution in [3.8, 4) is 0 Å². The number of esters is 1. The molecule has 2 nitrogen and oxygen atoms in total. The van der Waals surface area contributed by atoms with Crippen molar-refractivity contribution in [1.29, 1.82) is 0 Å². The summed E-state index contributed by atoms with van der Waals surface area (Å²) < 4.78 is 6.23. The van der Waals surface area contributed by atoms with E-state index in [4.69, 9.17) is 4.74 Å². The van der Waals surface area contributed by atoms with Crippen LogP contribution in [0.2, 0.25) is 0 Å². The van der Waals surface area contributed by atoms with E-state index >= 15 is 0 Å². The molecule has 0 spiro atoms. The summed E-state index contributed by atoms with van der Waals surface area (Å²) in [6.07, 6.45) is 7.93. The summed E-state index contributed by atoms with van der Waals surface area (Å²) in [5, 5.41) is 0. The molecule has 0 unspecified atom stereocenters. The van der Waals surface area contributed by atoms with Gasteiger partial charge in [0.25, 0.3) is 0 Å². The Morgan fingerprint density at radius 3 is 1.55 bits per heavy atom. The summed E-state index contributed by atoms with van der Waals surface area (Å²) in [6.45, 7) is 8.52. The van der Waals surface area contributed by atoms with Crippen LogP contribution in [0.3, 0.4) is 0 Å². The van der Waals surface area contributed by atoms with Crippen LogP contribution < -0.4 is 0 Å². The lowest BCUT2D eigenvalue weighted by atomic mass is 9.32. The van der Waals surface area contributed by atoms with E-state index in [2.05, 4.69) is 6.92 Å². The summed E-state index contributed by atoms with van der Waals surface area (Å²) in [7, 11) is 0. The molecule has 0 atom stereocenters. The molecule has 7 saturated carbocycles. The first-order chi connectivity index (χ1) is 10.2. The van der Waals surface area contributed by atoms with Gasteiger partial charge in [-0.3, -0.25) is 4.79 Å². The van der Waals surface area contributed by atoms with E-state index in [1.54, 1.807) is 0 Å². The fourth-order valence-corrected chi connectivity index (χ4v) is 7.69. The van der Waals surface area contributed by atoms with Gasteiger partial charge in [-0.15, -0.1) is 0 Å². The molecule has 0 aromatic carbocycles. The van der Waals surface area contributed by atoms with Gasteiger partial charge < -0.3 is 4.74 Å². The number of ether oxygens (including phenoxy) is 1. The smallest absolute Gasteiger partial charge is 0.311 e. The molecular formula is C20H30O2. The van der Waals surface area contributed by atoms with Crippen molar-refractivity contribution in [3.05, 3.63) is 0 Å². The Hall–Kier alpha value is -0.530. The molecule has 0 N–H and O–H groups in total. The topological polar surface area (TPSA) is 26.3 Å². The van der Waals surface area contributed by atoms with Crippen LogP contribution in [0.25, 0.3) is 0 Å². The van der Waals surface area contributed by atoms with Crippen molar-refractivity contribution in [3.63, 3.8) is 0 Å². The molecule has 0 heterocycles. The molecular weight excluding hydrogens is 272 g/mol. The minimum Gasteiger partial charge on any atom is -0.459 e. The minimum atomic E-state index is -0.367. The lowest BCUT2D eigenvalue weighted by Gasteiger charge is -2.74. The normalized spacial score (nSPS) is 57.5. The maximum absolute atomic E-state index is 12.5. The molecule has 0 aliphatic heterocycles. The van der Waals surface area contributed by atoms with Crippen molar-refractivity contribution in [2.24, 2.45) is 46.3 Å². The highest BCUT2D eigenvalue weighted by Gasteiger charge is 2.70. The van der Waals surface area contributed by atoms with E-state index in [-0.39, 0.29) is 17.0 Å². The SMILES string of the molecule is CC12CC3C4CC5(OC(=O)C(C)(C)C)CC3C(C1)C(C5)C4C2. The lowest BCUT2D eigenvalue weighted by molar-refractivity contribution is -0.279. The van der Waals surface area contributed by atoms with E-state index in [1.807, 2.05) is 20.8 Å². The molecule has 0 aromatic rings. The monoisotopic (exact) mass is 302 g/mol. The van der Waals surface area contributed by atoms with Crippen LogP contribution in [0.15, 0.2) is 0 Å². The first kappa shape index (κ1) is 13.9. The second kappa shape index (κ2) is 3.75. The molecule has 7 fully saturated rings. The van der Waals surface area contributed by atoms with Gasteiger partial charge in [-0.2, -0.15) is 0 Å².